The molecule has 0 saturated carbocycles. The molecule has 4 nitrogen and oxygen atoms in total. The predicted octanol–water partition coefficient (Wildman–Crippen LogP) is 1.72. The van der Waals surface area contributed by atoms with Gasteiger partial charge >= 0.3 is 7.60 Å². The molecule has 0 aliphatic heterocycles. The van der Waals surface area contributed by atoms with Crippen LogP contribution in [0.15, 0.2) is 0 Å². The Balaban J connectivity index is 3.78. The zero-order valence-electron chi connectivity index (χ0n) is 9.29. The summed E-state index contributed by atoms with van der Waals surface area (Å²) in [6, 6.07) is 0. The maximum absolute atomic E-state index is 10.8. The minimum absolute atomic E-state index is 0.105. The lowest BCUT2D eigenvalue weighted by Crippen LogP contribution is -2.43. The van der Waals surface area contributed by atoms with Gasteiger partial charge in [0.25, 0.3) is 0 Å². The Morgan fingerprint density at radius 1 is 1.29 bits per heavy atom. The van der Waals surface area contributed by atoms with Crippen molar-refractivity contribution >= 4 is 7.60 Å². The van der Waals surface area contributed by atoms with Crippen LogP contribution in [-0.2, 0) is 4.57 Å². The fourth-order valence-electron chi connectivity index (χ4n) is 1.37. The molecule has 0 saturated heterocycles. The van der Waals surface area contributed by atoms with Crippen LogP contribution in [0.3, 0.4) is 0 Å². The van der Waals surface area contributed by atoms with E-state index in [-0.39, 0.29) is 6.16 Å². The van der Waals surface area contributed by atoms with Crippen LogP contribution in [0.1, 0.15) is 40.0 Å². The molecule has 0 rings (SSSR count). The quantitative estimate of drug-likeness (QED) is 0.454. The number of hydrogen-bond donors (Lipinski definition) is 3. The molecule has 86 valence electrons. The average Bonchev–Trinajstić information content (AvgIpc) is 1.93. The second kappa shape index (κ2) is 5.86. The second-order valence-corrected chi connectivity index (χ2v) is 5.99. The first kappa shape index (κ1) is 14.1. The normalized spacial score (nSPS) is 13.2. The van der Waals surface area contributed by atoms with Crippen LogP contribution >= 0.6 is 7.60 Å². The van der Waals surface area contributed by atoms with Crippen LogP contribution in [0, 0.1) is 0 Å². The number of unbranched alkanes of at least 4 members (excludes halogenated alkanes) is 2. The molecular formula is C9H22NO3P. The summed E-state index contributed by atoms with van der Waals surface area (Å²) in [6.07, 6.45) is 3.26. The first-order chi connectivity index (χ1) is 6.27. The Morgan fingerprint density at radius 2 is 1.86 bits per heavy atom. The van der Waals surface area contributed by atoms with Gasteiger partial charge in [-0.05, 0) is 26.8 Å². The van der Waals surface area contributed by atoms with Crippen molar-refractivity contribution in [2.24, 2.45) is 0 Å². The SMILES string of the molecule is CCCCCNC(C)(C)CP(=O)(O)O. The van der Waals surface area contributed by atoms with Gasteiger partial charge in [-0.25, -0.2) is 0 Å². The van der Waals surface area contributed by atoms with Crippen LogP contribution in [0.25, 0.3) is 0 Å². The Kier molecular flexibility index (Phi) is 5.91. The Hall–Kier alpha value is 0.110. The van der Waals surface area contributed by atoms with Gasteiger partial charge in [0.15, 0.2) is 0 Å². The first-order valence-corrected chi connectivity index (χ1v) is 6.86. The summed E-state index contributed by atoms with van der Waals surface area (Å²) < 4.78 is 10.8. The molecule has 0 heterocycles. The smallest absolute Gasteiger partial charge is 0.324 e. The summed E-state index contributed by atoms with van der Waals surface area (Å²) in [5.41, 5.74) is -0.479. The van der Waals surface area contributed by atoms with Crippen LogP contribution in [0.2, 0.25) is 0 Å². The van der Waals surface area contributed by atoms with Crippen molar-refractivity contribution in [2.75, 3.05) is 12.7 Å². The summed E-state index contributed by atoms with van der Waals surface area (Å²) in [5, 5.41) is 3.16. The largest absolute Gasteiger partial charge is 0.327 e. The van der Waals surface area contributed by atoms with E-state index in [1.54, 1.807) is 0 Å². The van der Waals surface area contributed by atoms with Gasteiger partial charge in [0.1, 0.15) is 0 Å². The molecule has 0 aromatic heterocycles. The minimum atomic E-state index is -3.91. The van der Waals surface area contributed by atoms with Gasteiger partial charge in [-0.3, -0.25) is 4.57 Å². The van der Waals surface area contributed by atoms with E-state index in [9.17, 15) is 4.57 Å². The van der Waals surface area contributed by atoms with E-state index in [0.717, 1.165) is 25.8 Å². The first-order valence-electron chi connectivity index (χ1n) is 5.06. The van der Waals surface area contributed by atoms with Gasteiger partial charge in [0, 0.05) is 5.54 Å². The van der Waals surface area contributed by atoms with E-state index in [1.165, 1.54) is 0 Å². The Morgan fingerprint density at radius 3 is 2.29 bits per heavy atom. The fourth-order valence-corrected chi connectivity index (χ4v) is 2.51. The summed E-state index contributed by atoms with van der Waals surface area (Å²) in [7, 11) is -3.91. The number of nitrogens with one attached hydrogen (secondary N) is 1. The van der Waals surface area contributed by atoms with Crippen LogP contribution < -0.4 is 5.32 Å². The molecule has 0 fully saturated rings. The Labute approximate surface area is 86.3 Å². The molecule has 0 amide bonds. The summed E-state index contributed by atoms with van der Waals surface area (Å²) in [5.74, 6) is 0. The molecule has 14 heavy (non-hydrogen) atoms. The summed E-state index contributed by atoms with van der Waals surface area (Å²) in [4.78, 5) is 17.7. The van der Waals surface area contributed by atoms with Crippen LogP contribution in [0.5, 0.6) is 0 Å². The lowest BCUT2D eigenvalue weighted by molar-refractivity contribution is 0.339. The molecule has 0 aliphatic carbocycles. The number of hydrogen-bond acceptors (Lipinski definition) is 2. The molecule has 3 N–H and O–H groups in total. The van der Waals surface area contributed by atoms with Crippen molar-refractivity contribution in [1.82, 2.24) is 5.32 Å². The molecule has 0 bridgehead atoms. The third kappa shape index (κ3) is 8.70. The minimum Gasteiger partial charge on any atom is -0.324 e. The molecule has 0 radical (unpaired) electrons. The van der Waals surface area contributed by atoms with Crippen molar-refractivity contribution in [3.8, 4) is 0 Å². The molecule has 0 spiro atoms. The molecule has 0 unspecified atom stereocenters. The summed E-state index contributed by atoms with van der Waals surface area (Å²) >= 11 is 0. The molecule has 0 aliphatic rings. The van der Waals surface area contributed by atoms with Gasteiger partial charge in [-0.2, -0.15) is 0 Å². The van der Waals surface area contributed by atoms with Crippen LogP contribution in [0.4, 0.5) is 0 Å². The van der Waals surface area contributed by atoms with E-state index in [4.69, 9.17) is 9.79 Å². The standard InChI is InChI=1S/C9H22NO3P/c1-4-5-6-7-10-9(2,3)8-14(11,12)13/h10H,4-8H2,1-3H3,(H2,11,12,13). The highest BCUT2D eigenvalue weighted by molar-refractivity contribution is 7.51. The Bertz CT molecular complexity index is 200. The van der Waals surface area contributed by atoms with Crippen molar-refractivity contribution in [2.45, 2.75) is 45.6 Å². The van der Waals surface area contributed by atoms with Crippen molar-refractivity contribution < 1.29 is 14.4 Å². The molecule has 0 aromatic carbocycles. The van der Waals surface area contributed by atoms with Gasteiger partial charge in [0.05, 0.1) is 6.16 Å². The van der Waals surface area contributed by atoms with Crippen molar-refractivity contribution in [3.05, 3.63) is 0 Å². The zero-order valence-corrected chi connectivity index (χ0v) is 10.2. The molecule has 0 atom stereocenters. The van der Waals surface area contributed by atoms with E-state index < -0.39 is 13.1 Å². The fraction of sp³-hybridized carbons (Fsp3) is 1.00. The van der Waals surface area contributed by atoms with E-state index in [2.05, 4.69) is 12.2 Å². The predicted molar refractivity (Wildman–Crippen MR) is 58.5 cm³/mol. The molecular weight excluding hydrogens is 201 g/mol. The number of rotatable bonds is 7. The lowest BCUT2D eigenvalue weighted by Gasteiger charge is -2.26. The van der Waals surface area contributed by atoms with Crippen molar-refractivity contribution in [3.63, 3.8) is 0 Å². The third-order valence-electron chi connectivity index (χ3n) is 1.99. The molecule has 0 aromatic rings. The van der Waals surface area contributed by atoms with E-state index in [1.807, 2.05) is 13.8 Å². The highest BCUT2D eigenvalue weighted by Crippen LogP contribution is 2.37. The second-order valence-electron chi connectivity index (χ2n) is 4.34. The highest BCUT2D eigenvalue weighted by Gasteiger charge is 2.27. The zero-order chi connectivity index (χ0) is 11.2. The third-order valence-corrected chi connectivity index (χ3v) is 3.19. The van der Waals surface area contributed by atoms with Gasteiger partial charge in [0.2, 0.25) is 0 Å². The maximum atomic E-state index is 10.8. The highest BCUT2D eigenvalue weighted by atomic mass is 31.2. The monoisotopic (exact) mass is 223 g/mol. The maximum Gasteiger partial charge on any atom is 0.327 e. The topological polar surface area (TPSA) is 69.6 Å². The van der Waals surface area contributed by atoms with Crippen LogP contribution in [-0.4, -0.2) is 28.0 Å². The van der Waals surface area contributed by atoms with Gasteiger partial charge < -0.3 is 15.1 Å². The van der Waals surface area contributed by atoms with E-state index in [0.29, 0.717) is 0 Å². The average molecular weight is 223 g/mol. The van der Waals surface area contributed by atoms with Gasteiger partial charge in [-0.1, -0.05) is 19.8 Å². The lowest BCUT2D eigenvalue weighted by atomic mass is 10.1. The van der Waals surface area contributed by atoms with E-state index >= 15 is 0 Å². The molecule has 5 heteroatoms. The van der Waals surface area contributed by atoms with Gasteiger partial charge in [-0.15, -0.1) is 0 Å². The van der Waals surface area contributed by atoms with Crippen molar-refractivity contribution in [1.29, 1.82) is 0 Å². The summed E-state index contributed by atoms with van der Waals surface area (Å²) in [6.45, 7) is 6.58.